The third-order valence-corrected chi connectivity index (χ3v) is 5.31. The Labute approximate surface area is 133 Å². The number of hydrogen-bond donors (Lipinski definition) is 1. The molecule has 0 radical (unpaired) electrons. The van der Waals surface area contributed by atoms with Crippen LogP contribution in [0, 0.1) is 5.92 Å². The van der Waals surface area contributed by atoms with Crippen LogP contribution in [0.4, 0.5) is 0 Å². The average Bonchev–Trinajstić information content (AvgIpc) is 3.20. The molecule has 1 saturated carbocycles. The molecule has 0 bridgehead atoms. The molecule has 1 aliphatic carbocycles. The van der Waals surface area contributed by atoms with Crippen LogP contribution in [0.2, 0.25) is 0 Å². The lowest BCUT2D eigenvalue weighted by atomic mass is 9.94. The van der Waals surface area contributed by atoms with E-state index >= 15 is 0 Å². The van der Waals surface area contributed by atoms with Gasteiger partial charge in [0, 0.05) is 44.4 Å². The second-order valence-electron chi connectivity index (χ2n) is 6.74. The summed E-state index contributed by atoms with van der Waals surface area (Å²) in [5, 5.41) is 3.09. The first kappa shape index (κ1) is 15.5. The normalized spacial score (nSPS) is 21.3. The summed E-state index contributed by atoms with van der Waals surface area (Å²) >= 11 is 0. The van der Waals surface area contributed by atoms with E-state index in [1.165, 1.54) is 25.7 Å². The molecule has 1 amide bonds. The summed E-state index contributed by atoms with van der Waals surface area (Å²) in [7, 11) is 1.99. The Morgan fingerprint density at radius 1 is 1.27 bits per heavy atom. The van der Waals surface area contributed by atoms with E-state index in [2.05, 4.69) is 15.2 Å². The molecule has 0 spiro atoms. The molecule has 1 saturated heterocycles. The van der Waals surface area contributed by atoms with E-state index in [4.69, 9.17) is 0 Å². The second-order valence-corrected chi connectivity index (χ2v) is 6.74. The Balaban J connectivity index is 1.37. The number of piperidine rings is 1. The van der Waals surface area contributed by atoms with Crippen LogP contribution in [0.15, 0.2) is 12.4 Å². The number of aromatic nitrogens is 2. The number of aryl methyl sites for hydroxylation is 1. The summed E-state index contributed by atoms with van der Waals surface area (Å²) < 4.78 is 2.01. The van der Waals surface area contributed by atoms with Gasteiger partial charge in [-0.1, -0.05) is 12.8 Å². The first-order valence-corrected chi connectivity index (χ1v) is 8.72. The Hall–Kier alpha value is -1.36. The Bertz CT molecular complexity index is 485. The highest BCUT2D eigenvalue weighted by Gasteiger charge is 2.29. The van der Waals surface area contributed by atoms with Crippen LogP contribution < -0.4 is 5.32 Å². The second kappa shape index (κ2) is 7.27. The van der Waals surface area contributed by atoms with Gasteiger partial charge in [0.25, 0.3) is 0 Å². The predicted molar refractivity (Wildman–Crippen MR) is 86.5 cm³/mol. The highest BCUT2D eigenvalue weighted by Crippen LogP contribution is 2.27. The van der Waals surface area contributed by atoms with Crippen molar-refractivity contribution in [3.8, 4) is 0 Å². The molecular weight excluding hydrogens is 276 g/mol. The molecule has 2 fully saturated rings. The van der Waals surface area contributed by atoms with Crippen molar-refractivity contribution in [2.45, 2.75) is 51.0 Å². The zero-order chi connectivity index (χ0) is 15.4. The number of nitrogens with one attached hydrogen (secondary N) is 1. The quantitative estimate of drug-likeness (QED) is 0.901. The number of rotatable bonds is 5. The van der Waals surface area contributed by atoms with Gasteiger partial charge in [-0.05, 0) is 38.8 Å². The SMILES string of the molecule is Cn1ccnc1CCNC(=O)C1CCN(C2CCCC2)CC1. The van der Waals surface area contributed by atoms with E-state index in [1.54, 1.807) is 6.20 Å². The van der Waals surface area contributed by atoms with E-state index in [0.29, 0.717) is 6.54 Å². The molecule has 0 aromatic carbocycles. The minimum absolute atomic E-state index is 0.207. The first-order valence-electron chi connectivity index (χ1n) is 8.72. The maximum atomic E-state index is 12.3. The van der Waals surface area contributed by atoms with Crippen LogP contribution in [0.3, 0.4) is 0 Å². The summed E-state index contributed by atoms with van der Waals surface area (Å²) in [5.74, 6) is 1.47. The molecule has 1 aromatic heterocycles. The van der Waals surface area contributed by atoms with Crippen molar-refractivity contribution in [3.63, 3.8) is 0 Å². The fraction of sp³-hybridized carbons (Fsp3) is 0.765. The molecule has 2 aliphatic rings. The predicted octanol–water partition coefficient (Wildman–Crippen LogP) is 1.73. The molecule has 122 valence electrons. The molecule has 22 heavy (non-hydrogen) atoms. The first-order chi connectivity index (χ1) is 10.7. The number of likely N-dealkylation sites (tertiary alicyclic amines) is 1. The fourth-order valence-corrected chi connectivity index (χ4v) is 3.88. The van der Waals surface area contributed by atoms with Crippen LogP contribution in [0.25, 0.3) is 0 Å². The van der Waals surface area contributed by atoms with Gasteiger partial charge in [0.15, 0.2) is 0 Å². The Kier molecular flexibility index (Phi) is 5.13. The highest BCUT2D eigenvalue weighted by molar-refractivity contribution is 5.78. The van der Waals surface area contributed by atoms with Gasteiger partial charge in [-0.15, -0.1) is 0 Å². The maximum Gasteiger partial charge on any atom is 0.223 e. The van der Waals surface area contributed by atoms with Gasteiger partial charge in [-0.25, -0.2) is 4.98 Å². The lowest BCUT2D eigenvalue weighted by molar-refractivity contribution is -0.126. The summed E-state index contributed by atoms with van der Waals surface area (Å²) in [5.41, 5.74) is 0. The maximum absolute atomic E-state index is 12.3. The van der Waals surface area contributed by atoms with E-state index in [-0.39, 0.29) is 11.8 Å². The Morgan fingerprint density at radius 3 is 2.64 bits per heavy atom. The largest absolute Gasteiger partial charge is 0.355 e. The van der Waals surface area contributed by atoms with E-state index in [0.717, 1.165) is 44.2 Å². The van der Waals surface area contributed by atoms with Crippen LogP contribution in [0.5, 0.6) is 0 Å². The third kappa shape index (κ3) is 3.69. The monoisotopic (exact) mass is 304 g/mol. The fourth-order valence-electron chi connectivity index (χ4n) is 3.88. The number of nitrogens with zero attached hydrogens (tertiary/aromatic N) is 3. The molecule has 2 heterocycles. The number of carbonyl (C=O) groups excluding carboxylic acids is 1. The van der Waals surface area contributed by atoms with E-state index < -0.39 is 0 Å². The minimum Gasteiger partial charge on any atom is -0.355 e. The molecule has 1 aliphatic heterocycles. The number of amides is 1. The third-order valence-electron chi connectivity index (χ3n) is 5.31. The minimum atomic E-state index is 0.207. The number of carbonyl (C=O) groups is 1. The van der Waals surface area contributed by atoms with Gasteiger partial charge in [-0.2, -0.15) is 0 Å². The lowest BCUT2D eigenvalue weighted by Gasteiger charge is -2.35. The van der Waals surface area contributed by atoms with Gasteiger partial charge in [-0.3, -0.25) is 4.79 Å². The molecule has 3 rings (SSSR count). The molecule has 5 nitrogen and oxygen atoms in total. The van der Waals surface area contributed by atoms with Crippen LogP contribution >= 0.6 is 0 Å². The number of imidazole rings is 1. The van der Waals surface area contributed by atoms with Gasteiger partial charge in [0.1, 0.15) is 5.82 Å². The topological polar surface area (TPSA) is 50.2 Å². The van der Waals surface area contributed by atoms with Gasteiger partial charge in [0.05, 0.1) is 0 Å². The molecular formula is C17H28N4O. The van der Waals surface area contributed by atoms with Crippen molar-refractivity contribution in [2.75, 3.05) is 19.6 Å². The van der Waals surface area contributed by atoms with Crippen molar-refractivity contribution in [1.29, 1.82) is 0 Å². The lowest BCUT2D eigenvalue weighted by Crippen LogP contribution is -2.44. The zero-order valence-corrected chi connectivity index (χ0v) is 13.6. The van der Waals surface area contributed by atoms with Crippen molar-refractivity contribution in [3.05, 3.63) is 18.2 Å². The smallest absolute Gasteiger partial charge is 0.223 e. The van der Waals surface area contributed by atoms with Crippen molar-refractivity contribution in [1.82, 2.24) is 19.8 Å². The van der Waals surface area contributed by atoms with Gasteiger partial charge in [0.2, 0.25) is 5.91 Å². The molecule has 1 N–H and O–H groups in total. The highest BCUT2D eigenvalue weighted by atomic mass is 16.1. The summed E-state index contributed by atoms with van der Waals surface area (Å²) in [6.45, 7) is 2.89. The van der Waals surface area contributed by atoms with Crippen LogP contribution in [-0.2, 0) is 18.3 Å². The van der Waals surface area contributed by atoms with Gasteiger partial charge >= 0.3 is 0 Å². The zero-order valence-electron chi connectivity index (χ0n) is 13.6. The van der Waals surface area contributed by atoms with Crippen molar-refractivity contribution >= 4 is 5.91 Å². The van der Waals surface area contributed by atoms with Gasteiger partial charge < -0.3 is 14.8 Å². The molecule has 1 aromatic rings. The standard InChI is InChI=1S/C17H28N4O/c1-20-13-10-18-16(20)6-9-19-17(22)14-7-11-21(12-8-14)15-4-2-3-5-15/h10,13-15H,2-9,11-12H2,1H3,(H,19,22). The van der Waals surface area contributed by atoms with Crippen LogP contribution in [-0.4, -0.2) is 46.0 Å². The van der Waals surface area contributed by atoms with Crippen LogP contribution in [0.1, 0.15) is 44.3 Å². The molecule has 5 heteroatoms. The average molecular weight is 304 g/mol. The van der Waals surface area contributed by atoms with E-state index in [1.807, 2.05) is 17.8 Å². The number of hydrogen-bond acceptors (Lipinski definition) is 3. The van der Waals surface area contributed by atoms with E-state index in [9.17, 15) is 4.79 Å². The summed E-state index contributed by atoms with van der Waals surface area (Å²) in [4.78, 5) is 19.2. The Morgan fingerprint density at radius 2 is 2.00 bits per heavy atom. The summed E-state index contributed by atoms with van der Waals surface area (Å²) in [6, 6.07) is 0.799. The van der Waals surface area contributed by atoms with Crippen molar-refractivity contribution in [2.24, 2.45) is 13.0 Å². The molecule has 0 atom stereocenters. The summed E-state index contributed by atoms with van der Waals surface area (Å²) in [6.07, 6.45) is 12.1. The van der Waals surface area contributed by atoms with Crippen molar-refractivity contribution < 1.29 is 4.79 Å². The molecule has 0 unspecified atom stereocenters.